The van der Waals surface area contributed by atoms with Gasteiger partial charge in [-0.3, -0.25) is 9.59 Å². The summed E-state index contributed by atoms with van der Waals surface area (Å²) in [4.78, 5) is 29.0. The van der Waals surface area contributed by atoms with E-state index in [4.69, 9.17) is 10.2 Å². The highest BCUT2D eigenvalue weighted by Crippen LogP contribution is 2.25. The van der Waals surface area contributed by atoms with Gasteiger partial charge in [-0.25, -0.2) is 0 Å². The lowest BCUT2D eigenvalue weighted by atomic mass is 9.85. The van der Waals surface area contributed by atoms with Crippen LogP contribution in [0.3, 0.4) is 0 Å². The Morgan fingerprint density at radius 1 is 1.12 bits per heavy atom. The van der Waals surface area contributed by atoms with Gasteiger partial charge in [0.25, 0.3) is 5.91 Å². The van der Waals surface area contributed by atoms with Gasteiger partial charge in [-0.2, -0.15) is 0 Å². The summed E-state index contributed by atoms with van der Waals surface area (Å²) >= 11 is 0. The van der Waals surface area contributed by atoms with Crippen LogP contribution in [-0.2, 0) is 4.79 Å². The molecule has 25 heavy (non-hydrogen) atoms. The highest BCUT2D eigenvalue weighted by Gasteiger charge is 2.32. The average Bonchev–Trinajstić information content (AvgIpc) is 2.92. The highest BCUT2D eigenvalue weighted by molar-refractivity contribution is 5.95. The smallest absolute Gasteiger partial charge is 0.257 e. The van der Waals surface area contributed by atoms with Crippen molar-refractivity contribution in [2.24, 2.45) is 11.7 Å². The van der Waals surface area contributed by atoms with Gasteiger partial charge >= 0.3 is 0 Å². The third-order valence-electron chi connectivity index (χ3n) is 5.21. The van der Waals surface area contributed by atoms with Crippen LogP contribution in [0.5, 0.6) is 0 Å². The minimum Gasteiger partial charge on any atom is -0.466 e. The topological polar surface area (TPSA) is 79.8 Å². The van der Waals surface area contributed by atoms with Crippen molar-refractivity contribution in [1.29, 1.82) is 0 Å². The SMILES string of the molecule is Cc1cc(C(=O)N2CCN(C(=O)C3CCCC(N)C3)CC2)c(C)o1.Cl. The van der Waals surface area contributed by atoms with Crippen molar-refractivity contribution in [3.63, 3.8) is 0 Å². The fraction of sp³-hybridized carbons (Fsp3) is 0.667. The van der Waals surface area contributed by atoms with Crippen molar-refractivity contribution in [3.05, 3.63) is 23.2 Å². The molecular formula is C18H28ClN3O3. The number of aryl methyl sites for hydroxylation is 2. The van der Waals surface area contributed by atoms with E-state index in [0.29, 0.717) is 37.5 Å². The predicted octanol–water partition coefficient (Wildman–Crippen LogP) is 2.12. The summed E-state index contributed by atoms with van der Waals surface area (Å²) in [5, 5.41) is 0. The molecule has 1 aliphatic carbocycles. The van der Waals surface area contributed by atoms with E-state index in [1.807, 2.05) is 23.6 Å². The number of nitrogens with zero attached hydrogens (tertiary/aromatic N) is 2. The van der Waals surface area contributed by atoms with Gasteiger partial charge in [-0.1, -0.05) is 6.42 Å². The van der Waals surface area contributed by atoms with E-state index in [2.05, 4.69) is 0 Å². The van der Waals surface area contributed by atoms with E-state index >= 15 is 0 Å². The first-order chi connectivity index (χ1) is 11.5. The quantitative estimate of drug-likeness (QED) is 0.865. The van der Waals surface area contributed by atoms with Crippen LogP contribution >= 0.6 is 12.4 Å². The number of amides is 2. The zero-order chi connectivity index (χ0) is 17.3. The summed E-state index contributed by atoms with van der Waals surface area (Å²) in [7, 11) is 0. The molecule has 1 aliphatic heterocycles. The van der Waals surface area contributed by atoms with E-state index in [0.717, 1.165) is 31.4 Å². The summed E-state index contributed by atoms with van der Waals surface area (Å²) in [6.07, 6.45) is 3.80. The lowest BCUT2D eigenvalue weighted by molar-refractivity contribution is -0.138. The summed E-state index contributed by atoms with van der Waals surface area (Å²) in [6.45, 7) is 6.01. The molecule has 2 amide bonds. The first-order valence-electron chi connectivity index (χ1n) is 8.86. The van der Waals surface area contributed by atoms with Crippen LogP contribution in [0.25, 0.3) is 0 Å². The number of carbonyl (C=O) groups excluding carboxylic acids is 2. The lowest BCUT2D eigenvalue weighted by Crippen LogP contribution is -2.52. The molecule has 0 radical (unpaired) electrons. The van der Waals surface area contributed by atoms with Gasteiger partial charge in [0.05, 0.1) is 5.56 Å². The zero-order valence-corrected chi connectivity index (χ0v) is 15.8. The Balaban J connectivity index is 0.00000225. The molecule has 2 atom stereocenters. The van der Waals surface area contributed by atoms with Crippen LogP contribution in [0, 0.1) is 19.8 Å². The monoisotopic (exact) mass is 369 g/mol. The molecule has 1 saturated heterocycles. The average molecular weight is 370 g/mol. The third kappa shape index (κ3) is 4.36. The molecule has 6 nitrogen and oxygen atoms in total. The molecule has 1 aromatic rings. The maximum Gasteiger partial charge on any atom is 0.257 e. The molecule has 7 heteroatoms. The van der Waals surface area contributed by atoms with Gasteiger partial charge < -0.3 is 20.0 Å². The van der Waals surface area contributed by atoms with Crippen molar-refractivity contribution in [2.75, 3.05) is 26.2 Å². The summed E-state index contributed by atoms with van der Waals surface area (Å²) < 4.78 is 5.45. The van der Waals surface area contributed by atoms with E-state index in [1.165, 1.54) is 0 Å². The number of hydrogen-bond donors (Lipinski definition) is 1. The van der Waals surface area contributed by atoms with Crippen LogP contribution in [0.4, 0.5) is 0 Å². The highest BCUT2D eigenvalue weighted by atomic mass is 35.5. The standard InChI is InChI=1S/C18H27N3O3.ClH/c1-12-10-16(13(2)24-12)18(23)21-8-6-20(7-9-21)17(22)14-4-3-5-15(19)11-14;/h10,14-15H,3-9,11,19H2,1-2H3;1H. The van der Waals surface area contributed by atoms with Gasteiger partial charge in [0, 0.05) is 38.1 Å². The van der Waals surface area contributed by atoms with Gasteiger partial charge in [-0.15, -0.1) is 12.4 Å². The number of rotatable bonds is 2. The molecule has 1 aromatic heterocycles. The maximum absolute atomic E-state index is 12.7. The van der Waals surface area contributed by atoms with Crippen molar-refractivity contribution >= 4 is 24.2 Å². The molecule has 140 valence electrons. The minimum atomic E-state index is -0.00358. The molecule has 2 aliphatic rings. The van der Waals surface area contributed by atoms with E-state index in [9.17, 15) is 9.59 Å². The largest absolute Gasteiger partial charge is 0.466 e. The van der Waals surface area contributed by atoms with Crippen LogP contribution in [-0.4, -0.2) is 53.8 Å². The summed E-state index contributed by atoms with van der Waals surface area (Å²) in [5.74, 6) is 1.68. The Morgan fingerprint density at radius 2 is 1.76 bits per heavy atom. The van der Waals surface area contributed by atoms with Crippen molar-refractivity contribution < 1.29 is 14.0 Å². The van der Waals surface area contributed by atoms with Gasteiger partial charge in [0.1, 0.15) is 11.5 Å². The third-order valence-corrected chi connectivity index (χ3v) is 5.21. The van der Waals surface area contributed by atoms with Crippen LogP contribution in [0.15, 0.2) is 10.5 Å². The van der Waals surface area contributed by atoms with Gasteiger partial charge in [-0.05, 0) is 39.2 Å². The lowest BCUT2D eigenvalue weighted by Gasteiger charge is -2.37. The summed E-state index contributed by atoms with van der Waals surface area (Å²) in [6, 6.07) is 1.95. The Hall–Kier alpha value is -1.53. The van der Waals surface area contributed by atoms with Crippen LogP contribution in [0.2, 0.25) is 0 Å². The molecule has 2 N–H and O–H groups in total. The normalized spacial score (nSPS) is 24.0. The molecule has 0 aromatic carbocycles. The predicted molar refractivity (Wildman–Crippen MR) is 97.8 cm³/mol. The Bertz CT molecular complexity index is 623. The van der Waals surface area contributed by atoms with E-state index < -0.39 is 0 Å². The molecule has 2 unspecified atom stereocenters. The number of nitrogens with two attached hydrogens (primary N) is 1. The van der Waals surface area contributed by atoms with Gasteiger partial charge in [0.15, 0.2) is 0 Å². The Labute approximate surface area is 155 Å². The van der Waals surface area contributed by atoms with E-state index in [1.54, 1.807) is 6.07 Å². The van der Waals surface area contributed by atoms with Crippen LogP contribution < -0.4 is 5.73 Å². The van der Waals surface area contributed by atoms with Crippen molar-refractivity contribution in [2.45, 2.75) is 45.6 Å². The van der Waals surface area contributed by atoms with Gasteiger partial charge in [0.2, 0.25) is 5.91 Å². The molecule has 0 bridgehead atoms. The molecule has 2 heterocycles. The number of piperazine rings is 1. The second kappa shape index (κ2) is 8.23. The number of carbonyl (C=O) groups is 2. The molecule has 0 spiro atoms. The molecule has 3 rings (SSSR count). The van der Waals surface area contributed by atoms with E-state index in [-0.39, 0.29) is 36.2 Å². The summed E-state index contributed by atoms with van der Waals surface area (Å²) in [5.41, 5.74) is 6.63. The fourth-order valence-electron chi connectivity index (χ4n) is 3.85. The number of furan rings is 1. The first-order valence-corrected chi connectivity index (χ1v) is 8.86. The minimum absolute atomic E-state index is 0. The second-order valence-corrected chi connectivity index (χ2v) is 7.07. The first kappa shape index (κ1) is 19.8. The number of halogens is 1. The fourth-order valence-corrected chi connectivity index (χ4v) is 3.85. The van der Waals surface area contributed by atoms with Crippen molar-refractivity contribution in [1.82, 2.24) is 9.80 Å². The number of hydrogen-bond acceptors (Lipinski definition) is 4. The second-order valence-electron chi connectivity index (χ2n) is 7.07. The Kier molecular flexibility index (Phi) is 6.52. The Morgan fingerprint density at radius 3 is 2.32 bits per heavy atom. The molecular weight excluding hydrogens is 342 g/mol. The maximum atomic E-state index is 12.7. The molecule has 1 saturated carbocycles. The zero-order valence-electron chi connectivity index (χ0n) is 15.0. The molecule has 2 fully saturated rings. The van der Waals surface area contributed by atoms with Crippen molar-refractivity contribution in [3.8, 4) is 0 Å². The van der Waals surface area contributed by atoms with Crippen LogP contribution in [0.1, 0.15) is 47.6 Å².